The predicted octanol–water partition coefficient (Wildman–Crippen LogP) is 4.55. The van der Waals surface area contributed by atoms with E-state index in [0.717, 1.165) is 14.2 Å². The minimum atomic E-state index is -0.574. The van der Waals surface area contributed by atoms with E-state index >= 15 is 0 Å². The third kappa shape index (κ3) is 26.2. The summed E-state index contributed by atoms with van der Waals surface area (Å²) in [6.45, 7) is -0.555. The van der Waals surface area contributed by atoms with Gasteiger partial charge in [0.15, 0.2) is 0 Å². The van der Waals surface area contributed by atoms with E-state index in [0.29, 0.717) is 32.7 Å². The van der Waals surface area contributed by atoms with Gasteiger partial charge in [-0.1, -0.05) is 120 Å². The Balaban J connectivity index is 0. The van der Waals surface area contributed by atoms with Gasteiger partial charge in [-0.25, -0.2) is 0 Å². The largest absolute Gasteiger partial charge is 2.00 e. The van der Waals surface area contributed by atoms with Crippen molar-refractivity contribution in [1.29, 1.82) is 0 Å². The first-order valence-electron chi connectivity index (χ1n) is 16.7. The number of para-hydroxylation sites is 4. The summed E-state index contributed by atoms with van der Waals surface area (Å²) >= 11 is 11.8. The second kappa shape index (κ2) is 37.5. The SMILES string of the molecule is CO.CO.[Cu+2].[Cu+2].[O-]/C(COc1ccccc1Cl)=N\N=C\c1ccccc1[O-].[O-]/C(COc1ccccc1Cl)=N\N=C\c1ccccc1[O-].c1ccncc1.c1ccncc1. The summed E-state index contributed by atoms with van der Waals surface area (Å²) in [7, 11) is 2.00. The summed E-state index contributed by atoms with van der Waals surface area (Å²) in [6.07, 6.45) is 9.46. The van der Waals surface area contributed by atoms with E-state index in [-0.39, 0.29) is 58.9 Å². The molecule has 0 saturated heterocycles. The van der Waals surface area contributed by atoms with E-state index in [9.17, 15) is 20.4 Å². The number of hydrogen-bond acceptors (Lipinski definition) is 14. The molecule has 0 aliphatic rings. The number of benzene rings is 4. The first-order chi connectivity index (χ1) is 28.3. The zero-order valence-corrected chi connectivity index (χ0v) is 35.4. The van der Waals surface area contributed by atoms with Crippen LogP contribution < -0.4 is 29.9 Å². The average Bonchev–Trinajstić information content (AvgIpc) is 3.28. The number of hydrogen-bond donors (Lipinski definition) is 2. The molecule has 0 spiro atoms. The van der Waals surface area contributed by atoms with Crippen LogP contribution in [0.4, 0.5) is 0 Å². The van der Waals surface area contributed by atoms with E-state index < -0.39 is 11.8 Å². The molecule has 6 aromatic rings. The number of pyridine rings is 2. The molecule has 60 heavy (non-hydrogen) atoms. The van der Waals surface area contributed by atoms with Crippen LogP contribution in [0, 0.1) is 0 Å². The molecule has 0 unspecified atom stereocenters. The summed E-state index contributed by atoms with van der Waals surface area (Å²) < 4.78 is 10.4. The minimum absolute atomic E-state index is 0. The number of nitrogens with zero attached hydrogens (tertiary/aromatic N) is 6. The number of ether oxygens (including phenoxy) is 2. The number of halogens is 2. The quantitative estimate of drug-likeness (QED) is 0.0844. The summed E-state index contributed by atoms with van der Waals surface area (Å²) in [4.78, 5) is 7.57. The average molecular weight is 955 g/mol. The van der Waals surface area contributed by atoms with Crippen molar-refractivity contribution < 1.29 is 74.3 Å². The molecule has 322 valence electrons. The van der Waals surface area contributed by atoms with Crippen molar-refractivity contribution in [1.82, 2.24) is 9.97 Å². The Morgan fingerprint density at radius 2 is 0.833 bits per heavy atom. The molecule has 0 aliphatic carbocycles. The van der Waals surface area contributed by atoms with Gasteiger partial charge in [0.05, 0.1) is 22.5 Å². The molecule has 2 aromatic heterocycles. The molecule has 4 aromatic carbocycles. The monoisotopic (exact) mass is 952 g/mol. The smallest absolute Gasteiger partial charge is 0.872 e. The summed E-state index contributed by atoms with van der Waals surface area (Å²) in [5.41, 5.74) is 0.724. The summed E-state index contributed by atoms with van der Waals surface area (Å²) in [5.74, 6) is -0.718. The van der Waals surface area contributed by atoms with Gasteiger partial charge in [-0.2, -0.15) is 20.4 Å². The molecular weight excluding hydrogens is 914 g/mol. The second-order valence-corrected chi connectivity index (χ2v) is 10.9. The number of aliphatic hydroxyl groups excluding tert-OH is 2. The van der Waals surface area contributed by atoms with Crippen LogP contribution in [0.1, 0.15) is 11.1 Å². The molecular formula is C42H40Cl2Cu2N6O8. The Bertz CT molecular complexity index is 1890. The molecule has 0 fully saturated rings. The first-order valence-corrected chi connectivity index (χ1v) is 17.5. The topological polar surface area (TPSA) is 226 Å². The Morgan fingerprint density at radius 3 is 1.12 bits per heavy atom. The van der Waals surface area contributed by atoms with E-state index in [1.54, 1.807) is 110 Å². The van der Waals surface area contributed by atoms with Gasteiger partial charge in [0.1, 0.15) is 24.7 Å². The van der Waals surface area contributed by atoms with Gasteiger partial charge >= 0.3 is 34.1 Å². The van der Waals surface area contributed by atoms with E-state index in [1.165, 1.54) is 24.6 Å². The van der Waals surface area contributed by atoms with E-state index in [1.807, 2.05) is 36.4 Å². The standard InChI is InChI=1S/2C15H13ClN2O3.2C5H5N.2CH4O.2Cu/c2*16-12-6-2-4-8-14(12)21-10-15(20)18-17-9-11-5-1-3-7-13(11)19;2*1-2-4-6-5-3-1;2*1-2;;/h2*1-9,19H,10H2,(H,18,20);2*1-5H;2*2H,1H3;;/q;;;;;;2*+2/p-4/b2*17-9+;;;;;;. The van der Waals surface area contributed by atoms with Crippen LogP contribution in [0.15, 0.2) is 179 Å². The van der Waals surface area contributed by atoms with Gasteiger partial charge in [-0.15, -0.1) is 0 Å². The normalized spacial score (nSPS) is 10.0. The van der Waals surface area contributed by atoms with Gasteiger partial charge in [0.25, 0.3) is 0 Å². The fourth-order valence-electron chi connectivity index (χ4n) is 3.57. The maximum absolute atomic E-state index is 11.5. The van der Waals surface area contributed by atoms with Crippen molar-refractivity contribution in [3.05, 3.63) is 179 Å². The van der Waals surface area contributed by atoms with E-state index in [2.05, 4.69) is 30.4 Å². The van der Waals surface area contributed by atoms with Crippen LogP contribution in [0.3, 0.4) is 0 Å². The van der Waals surface area contributed by atoms with Gasteiger partial charge < -0.3 is 40.1 Å². The van der Waals surface area contributed by atoms with Crippen LogP contribution >= 0.6 is 23.2 Å². The minimum Gasteiger partial charge on any atom is -0.872 e. The Hall–Kier alpha value is -5.80. The van der Waals surface area contributed by atoms with Crippen molar-refractivity contribution in [3.8, 4) is 23.0 Å². The Kier molecular flexibility index (Phi) is 35.2. The first kappa shape index (κ1) is 56.3. The van der Waals surface area contributed by atoms with Crippen LogP contribution in [0.25, 0.3) is 0 Å². The predicted molar refractivity (Wildman–Crippen MR) is 220 cm³/mol. The van der Waals surface area contributed by atoms with Crippen molar-refractivity contribution in [2.75, 3.05) is 27.4 Å². The van der Waals surface area contributed by atoms with Crippen LogP contribution in [0.2, 0.25) is 10.0 Å². The zero-order valence-electron chi connectivity index (χ0n) is 32.0. The van der Waals surface area contributed by atoms with Crippen LogP contribution in [-0.4, -0.2) is 71.8 Å². The zero-order chi connectivity index (χ0) is 42.6. The maximum atomic E-state index is 11.5. The molecule has 2 N–H and O–H groups in total. The third-order valence-electron chi connectivity index (χ3n) is 6.08. The molecule has 0 amide bonds. The van der Waals surface area contributed by atoms with Crippen LogP contribution in [0.5, 0.6) is 23.0 Å². The molecule has 2 radical (unpaired) electrons. The molecule has 2 heterocycles. The van der Waals surface area contributed by atoms with Crippen molar-refractivity contribution >= 4 is 47.4 Å². The third-order valence-corrected chi connectivity index (χ3v) is 6.70. The summed E-state index contributed by atoms with van der Waals surface area (Å²) in [5, 5.41) is 74.6. The molecule has 0 bridgehead atoms. The van der Waals surface area contributed by atoms with Crippen molar-refractivity contribution in [2.45, 2.75) is 0 Å². The van der Waals surface area contributed by atoms with E-state index in [4.69, 9.17) is 42.9 Å². The number of aliphatic hydroxyl groups is 2. The molecule has 14 nitrogen and oxygen atoms in total. The number of rotatable bonds is 10. The van der Waals surface area contributed by atoms with Gasteiger partial charge in [-0.05, 0) is 59.7 Å². The molecule has 0 saturated carbocycles. The van der Waals surface area contributed by atoms with Gasteiger partial charge in [0, 0.05) is 50.8 Å². The summed E-state index contributed by atoms with van der Waals surface area (Å²) in [6, 6.07) is 37.7. The van der Waals surface area contributed by atoms with Gasteiger partial charge in [-0.3, -0.25) is 9.97 Å². The molecule has 18 heteroatoms. The maximum Gasteiger partial charge on any atom is 2.00 e. The fourth-order valence-corrected chi connectivity index (χ4v) is 3.95. The van der Waals surface area contributed by atoms with Crippen molar-refractivity contribution in [3.63, 3.8) is 0 Å². The van der Waals surface area contributed by atoms with Crippen molar-refractivity contribution in [2.24, 2.45) is 20.4 Å². The Morgan fingerprint density at radius 1 is 0.517 bits per heavy atom. The molecule has 6 rings (SSSR count). The second-order valence-electron chi connectivity index (χ2n) is 10.0. The number of aromatic nitrogens is 2. The Labute approximate surface area is 379 Å². The fraction of sp³-hybridized carbons (Fsp3) is 0.0952. The van der Waals surface area contributed by atoms with Crippen LogP contribution in [-0.2, 0) is 34.1 Å². The van der Waals surface area contributed by atoms with Gasteiger partial charge in [0.2, 0.25) is 0 Å². The molecule has 0 atom stereocenters. The molecule has 0 aliphatic heterocycles.